The predicted molar refractivity (Wildman–Crippen MR) is 76.8 cm³/mol. The van der Waals surface area contributed by atoms with Gasteiger partial charge < -0.3 is 16.4 Å². The molecule has 0 saturated carbocycles. The maximum absolute atomic E-state index is 11.9. The summed E-state index contributed by atoms with van der Waals surface area (Å²) in [6.45, 7) is 2.05. The first-order valence-electron chi connectivity index (χ1n) is 5.78. The van der Waals surface area contributed by atoms with Crippen molar-refractivity contribution in [2.24, 2.45) is 0 Å². The summed E-state index contributed by atoms with van der Waals surface area (Å²) in [5, 5.41) is 0. The van der Waals surface area contributed by atoms with Gasteiger partial charge in [-0.25, -0.2) is 0 Å². The van der Waals surface area contributed by atoms with Crippen molar-refractivity contribution >= 4 is 29.6 Å². The van der Waals surface area contributed by atoms with Gasteiger partial charge in [0, 0.05) is 42.3 Å². The molecule has 0 unspecified atom stereocenters. The fourth-order valence-electron chi connectivity index (χ4n) is 1.94. The van der Waals surface area contributed by atoms with Crippen LogP contribution in [-0.4, -0.2) is 23.8 Å². The third-order valence-corrected chi connectivity index (χ3v) is 2.92. The number of nitrogen functional groups attached to an aromatic ring is 2. The van der Waals surface area contributed by atoms with E-state index in [9.17, 15) is 4.79 Å². The number of benzene rings is 1. The van der Waals surface area contributed by atoms with Crippen molar-refractivity contribution in [3.63, 3.8) is 0 Å². The zero-order chi connectivity index (χ0) is 12.3. The van der Waals surface area contributed by atoms with Gasteiger partial charge in [-0.2, -0.15) is 0 Å². The molecular formula is C13H18ClN3O. The summed E-state index contributed by atoms with van der Waals surface area (Å²) in [4.78, 5) is 14.1. The van der Waals surface area contributed by atoms with E-state index in [-0.39, 0.29) is 18.2 Å². The van der Waals surface area contributed by atoms with E-state index >= 15 is 0 Å². The molecule has 0 bridgehead atoms. The number of likely N-dealkylation sites (tertiary alicyclic amines) is 1. The van der Waals surface area contributed by atoms with E-state index in [1.165, 1.54) is 12.8 Å². The van der Waals surface area contributed by atoms with Gasteiger partial charge in [-0.1, -0.05) is 0 Å². The first-order valence-corrected chi connectivity index (χ1v) is 5.78. The molecule has 0 spiro atoms. The molecule has 0 amide bonds. The van der Waals surface area contributed by atoms with Crippen LogP contribution in [0.4, 0.5) is 11.4 Å². The van der Waals surface area contributed by atoms with E-state index < -0.39 is 0 Å². The summed E-state index contributed by atoms with van der Waals surface area (Å²) in [5.74, 6) is -0.0956. The van der Waals surface area contributed by atoms with Gasteiger partial charge in [0.25, 0.3) is 0 Å². The summed E-state index contributed by atoms with van der Waals surface area (Å²) in [6.07, 6.45) is 5.80. The molecule has 1 fully saturated rings. The molecule has 1 saturated heterocycles. The smallest absolute Gasteiger partial charge is 0.189 e. The van der Waals surface area contributed by atoms with Gasteiger partial charge in [-0.05, 0) is 31.0 Å². The largest absolute Gasteiger partial charge is 0.399 e. The second-order valence-corrected chi connectivity index (χ2v) is 4.27. The zero-order valence-corrected chi connectivity index (χ0v) is 11.0. The van der Waals surface area contributed by atoms with Gasteiger partial charge in [0.15, 0.2) is 5.78 Å². The van der Waals surface area contributed by atoms with Crippen LogP contribution < -0.4 is 11.5 Å². The molecule has 18 heavy (non-hydrogen) atoms. The normalized spacial score (nSPS) is 14.8. The number of hydrogen-bond acceptors (Lipinski definition) is 4. The molecule has 1 aromatic carbocycles. The van der Waals surface area contributed by atoms with E-state index in [1.807, 2.05) is 6.20 Å². The Kier molecular flexibility index (Phi) is 5.04. The van der Waals surface area contributed by atoms with Crippen molar-refractivity contribution < 1.29 is 4.79 Å². The number of rotatable bonds is 3. The summed E-state index contributed by atoms with van der Waals surface area (Å²) in [6, 6.07) is 4.97. The van der Waals surface area contributed by atoms with E-state index in [0.29, 0.717) is 16.9 Å². The molecule has 4 nitrogen and oxygen atoms in total. The lowest BCUT2D eigenvalue weighted by Gasteiger charge is -2.10. The second-order valence-electron chi connectivity index (χ2n) is 4.27. The Labute approximate surface area is 113 Å². The number of ketones is 1. The molecule has 0 radical (unpaired) electrons. The molecule has 4 N–H and O–H groups in total. The van der Waals surface area contributed by atoms with Crippen LogP contribution >= 0.6 is 12.4 Å². The van der Waals surface area contributed by atoms with Gasteiger partial charge in [0.05, 0.1) is 0 Å². The Morgan fingerprint density at radius 3 is 2.56 bits per heavy atom. The van der Waals surface area contributed by atoms with Crippen LogP contribution in [0.15, 0.2) is 30.5 Å². The van der Waals surface area contributed by atoms with E-state index in [2.05, 4.69) is 4.90 Å². The Morgan fingerprint density at radius 2 is 1.89 bits per heavy atom. The second kappa shape index (κ2) is 6.31. The monoisotopic (exact) mass is 267 g/mol. The van der Waals surface area contributed by atoms with Crippen LogP contribution in [0.25, 0.3) is 0 Å². The summed E-state index contributed by atoms with van der Waals surface area (Å²) in [5.41, 5.74) is 12.9. The van der Waals surface area contributed by atoms with Crippen molar-refractivity contribution in [2.45, 2.75) is 12.8 Å². The molecule has 1 aromatic rings. The van der Waals surface area contributed by atoms with Crippen LogP contribution in [0.1, 0.15) is 23.2 Å². The lowest BCUT2D eigenvalue weighted by atomic mass is 10.1. The molecule has 1 aliphatic heterocycles. The molecule has 1 heterocycles. The average Bonchev–Trinajstić information content (AvgIpc) is 2.82. The van der Waals surface area contributed by atoms with Crippen LogP contribution in [0.5, 0.6) is 0 Å². The maximum Gasteiger partial charge on any atom is 0.189 e. The molecule has 98 valence electrons. The van der Waals surface area contributed by atoms with Crippen LogP contribution in [-0.2, 0) is 0 Å². The molecule has 1 aliphatic rings. The maximum atomic E-state index is 11.9. The van der Waals surface area contributed by atoms with Gasteiger partial charge in [0.1, 0.15) is 0 Å². The highest BCUT2D eigenvalue weighted by Gasteiger charge is 2.10. The SMILES string of the molecule is Cl.Nc1ccc(N)c(C(=O)C=CN2CCCC2)c1. The minimum absolute atomic E-state index is 0. The van der Waals surface area contributed by atoms with Crippen molar-refractivity contribution in [1.82, 2.24) is 4.90 Å². The van der Waals surface area contributed by atoms with Crippen molar-refractivity contribution in [2.75, 3.05) is 24.6 Å². The zero-order valence-electron chi connectivity index (χ0n) is 10.1. The Morgan fingerprint density at radius 1 is 1.22 bits per heavy atom. The highest BCUT2D eigenvalue weighted by molar-refractivity contribution is 6.08. The van der Waals surface area contributed by atoms with Crippen LogP contribution in [0.2, 0.25) is 0 Å². The molecular weight excluding hydrogens is 250 g/mol. The Bertz CT molecular complexity index is 454. The van der Waals surface area contributed by atoms with Crippen molar-refractivity contribution in [3.05, 3.63) is 36.0 Å². The predicted octanol–water partition coefficient (Wildman–Crippen LogP) is 2.07. The third-order valence-electron chi connectivity index (χ3n) is 2.92. The third kappa shape index (κ3) is 3.40. The standard InChI is InChI=1S/C13H17N3O.ClH/c14-10-3-4-12(15)11(9-10)13(17)5-8-16-6-1-2-7-16;/h3-5,8-9H,1-2,6-7,14-15H2;1H. The average molecular weight is 268 g/mol. The van der Waals surface area contributed by atoms with Gasteiger partial charge in [0.2, 0.25) is 0 Å². The number of allylic oxidation sites excluding steroid dienone is 1. The van der Waals surface area contributed by atoms with Gasteiger partial charge >= 0.3 is 0 Å². The molecule has 0 atom stereocenters. The summed E-state index contributed by atoms with van der Waals surface area (Å²) < 4.78 is 0. The highest BCUT2D eigenvalue weighted by Crippen LogP contribution is 2.17. The van der Waals surface area contributed by atoms with Gasteiger partial charge in [-0.15, -0.1) is 12.4 Å². The number of nitrogens with zero attached hydrogens (tertiary/aromatic N) is 1. The number of carbonyl (C=O) groups is 1. The fraction of sp³-hybridized carbons (Fsp3) is 0.308. The number of halogens is 1. The Balaban J connectivity index is 0.00000162. The van der Waals surface area contributed by atoms with Crippen LogP contribution in [0.3, 0.4) is 0 Å². The molecule has 2 rings (SSSR count). The molecule has 0 aromatic heterocycles. The van der Waals surface area contributed by atoms with Crippen molar-refractivity contribution in [3.8, 4) is 0 Å². The van der Waals surface area contributed by atoms with E-state index in [0.717, 1.165) is 13.1 Å². The number of carbonyl (C=O) groups excluding carboxylic acids is 1. The first-order chi connectivity index (χ1) is 8.16. The van der Waals surface area contributed by atoms with E-state index in [4.69, 9.17) is 11.5 Å². The van der Waals surface area contributed by atoms with Gasteiger partial charge in [-0.3, -0.25) is 4.79 Å². The number of nitrogens with two attached hydrogens (primary N) is 2. The summed E-state index contributed by atoms with van der Waals surface area (Å²) >= 11 is 0. The Hall–Kier alpha value is -1.68. The minimum atomic E-state index is -0.0956. The first kappa shape index (κ1) is 14.4. The fourth-order valence-corrected chi connectivity index (χ4v) is 1.94. The van der Waals surface area contributed by atoms with Crippen LogP contribution in [0, 0.1) is 0 Å². The minimum Gasteiger partial charge on any atom is -0.399 e. The highest BCUT2D eigenvalue weighted by atomic mass is 35.5. The van der Waals surface area contributed by atoms with E-state index in [1.54, 1.807) is 24.3 Å². The lowest BCUT2D eigenvalue weighted by molar-refractivity contribution is 0.104. The summed E-state index contributed by atoms with van der Waals surface area (Å²) in [7, 11) is 0. The lowest BCUT2D eigenvalue weighted by Crippen LogP contribution is -2.11. The number of hydrogen-bond donors (Lipinski definition) is 2. The molecule has 0 aliphatic carbocycles. The number of anilines is 2. The topological polar surface area (TPSA) is 72.3 Å². The molecule has 5 heteroatoms. The van der Waals surface area contributed by atoms with Crippen molar-refractivity contribution in [1.29, 1.82) is 0 Å². The quantitative estimate of drug-likeness (QED) is 0.500.